The molecule has 114 valence electrons. The normalized spacial score (nSPS) is 53.3. The Morgan fingerprint density at radius 2 is 1.75 bits per heavy atom. The molecule has 2 nitrogen and oxygen atoms in total. The molecule has 3 aliphatic rings. The van der Waals surface area contributed by atoms with Crippen LogP contribution >= 0.6 is 0 Å². The number of carboxylic acids is 1. The fourth-order valence-electron chi connectivity index (χ4n) is 6.74. The van der Waals surface area contributed by atoms with Crippen molar-refractivity contribution < 1.29 is 9.90 Å². The van der Waals surface area contributed by atoms with Crippen LogP contribution in [0.15, 0.2) is 0 Å². The van der Waals surface area contributed by atoms with Crippen LogP contribution in [0.3, 0.4) is 0 Å². The summed E-state index contributed by atoms with van der Waals surface area (Å²) in [4.78, 5) is 11.3. The molecule has 0 heterocycles. The maximum absolute atomic E-state index is 11.3. The summed E-state index contributed by atoms with van der Waals surface area (Å²) in [5, 5.41) is 9.35. The van der Waals surface area contributed by atoms with E-state index in [1.165, 1.54) is 25.7 Å². The van der Waals surface area contributed by atoms with Crippen LogP contribution in [0.4, 0.5) is 0 Å². The predicted octanol–water partition coefficient (Wildman–Crippen LogP) is 4.44. The van der Waals surface area contributed by atoms with Crippen LogP contribution in [0.1, 0.15) is 59.8 Å². The van der Waals surface area contributed by atoms with Gasteiger partial charge in [-0.1, -0.05) is 40.5 Å². The van der Waals surface area contributed by atoms with Crippen molar-refractivity contribution in [3.8, 4) is 0 Å². The first kappa shape index (κ1) is 14.4. The minimum Gasteiger partial charge on any atom is -0.481 e. The van der Waals surface area contributed by atoms with Gasteiger partial charge in [0.15, 0.2) is 0 Å². The highest BCUT2D eigenvalue weighted by molar-refractivity contribution is 5.68. The van der Waals surface area contributed by atoms with Crippen LogP contribution in [0.5, 0.6) is 0 Å². The zero-order valence-corrected chi connectivity index (χ0v) is 13.4. The molecule has 3 rings (SSSR count). The first-order chi connectivity index (χ1) is 9.43. The Kier molecular flexibility index (Phi) is 3.42. The Bertz CT molecular complexity index is 404. The van der Waals surface area contributed by atoms with Gasteiger partial charge in [0.05, 0.1) is 6.42 Å². The maximum Gasteiger partial charge on any atom is 0.303 e. The molecule has 3 saturated carbocycles. The third-order valence-electron chi connectivity index (χ3n) is 7.73. The Labute approximate surface area is 123 Å². The molecule has 0 radical (unpaired) electrons. The van der Waals surface area contributed by atoms with E-state index in [0.29, 0.717) is 18.3 Å². The molecule has 0 aromatic carbocycles. The van der Waals surface area contributed by atoms with E-state index in [4.69, 9.17) is 0 Å². The van der Waals surface area contributed by atoms with Crippen LogP contribution in [0.2, 0.25) is 0 Å². The molecule has 0 amide bonds. The predicted molar refractivity (Wildman–Crippen MR) is 80.3 cm³/mol. The molecule has 1 N–H and O–H groups in total. The van der Waals surface area contributed by atoms with E-state index in [-0.39, 0.29) is 5.41 Å². The van der Waals surface area contributed by atoms with Gasteiger partial charge in [0.1, 0.15) is 0 Å². The molecule has 3 fully saturated rings. The molecule has 2 heteroatoms. The van der Waals surface area contributed by atoms with Gasteiger partial charge in [0.25, 0.3) is 0 Å². The lowest BCUT2D eigenvalue weighted by Gasteiger charge is -2.46. The van der Waals surface area contributed by atoms with Crippen molar-refractivity contribution >= 4 is 5.97 Å². The van der Waals surface area contributed by atoms with Crippen LogP contribution in [-0.2, 0) is 4.79 Å². The molecule has 20 heavy (non-hydrogen) atoms. The van der Waals surface area contributed by atoms with Gasteiger partial charge in [0.2, 0.25) is 0 Å². The SMILES string of the molecule is CCC1CC(CC)C2C1C1CC2C(C)(CC(=O)O)C1C. The van der Waals surface area contributed by atoms with E-state index in [0.717, 1.165) is 29.6 Å². The molecular weight excluding hydrogens is 248 g/mol. The minimum absolute atomic E-state index is 0.0493. The summed E-state index contributed by atoms with van der Waals surface area (Å²) in [5.74, 6) is 4.98. The summed E-state index contributed by atoms with van der Waals surface area (Å²) < 4.78 is 0. The van der Waals surface area contributed by atoms with Gasteiger partial charge >= 0.3 is 5.97 Å². The number of hydrogen-bond acceptors (Lipinski definition) is 1. The fraction of sp³-hybridized carbons (Fsp3) is 0.944. The fourth-order valence-corrected chi connectivity index (χ4v) is 6.74. The minimum atomic E-state index is -0.596. The first-order valence-corrected chi connectivity index (χ1v) is 8.65. The van der Waals surface area contributed by atoms with Gasteiger partial charge in [-0.25, -0.2) is 0 Å². The quantitative estimate of drug-likeness (QED) is 0.825. The monoisotopic (exact) mass is 278 g/mol. The Morgan fingerprint density at radius 1 is 1.15 bits per heavy atom. The van der Waals surface area contributed by atoms with Crippen LogP contribution < -0.4 is 0 Å². The van der Waals surface area contributed by atoms with Gasteiger partial charge in [-0.05, 0) is 59.7 Å². The zero-order chi connectivity index (χ0) is 14.7. The highest BCUT2D eigenvalue weighted by Crippen LogP contribution is 2.71. The molecule has 0 aromatic rings. The smallest absolute Gasteiger partial charge is 0.303 e. The van der Waals surface area contributed by atoms with Gasteiger partial charge in [-0.15, -0.1) is 0 Å². The number of hydrogen-bond donors (Lipinski definition) is 1. The van der Waals surface area contributed by atoms with Crippen molar-refractivity contribution in [1.29, 1.82) is 0 Å². The standard InChI is InChI=1S/C18H30O2/c1-5-11-7-12(6-2)17-14-8-13(16(11)17)10(3)18(14,4)9-15(19)20/h10-14,16-17H,5-9H2,1-4H3,(H,19,20). The molecule has 0 spiro atoms. The van der Waals surface area contributed by atoms with Crippen molar-refractivity contribution in [2.24, 2.45) is 46.8 Å². The lowest BCUT2D eigenvalue weighted by atomic mass is 9.58. The number of rotatable bonds is 4. The van der Waals surface area contributed by atoms with Gasteiger partial charge < -0.3 is 5.11 Å². The topological polar surface area (TPSA) is 37.3 Å². The van der Waals surface area contributed by atoms with E-state index >= 15 is 0 Å². The summed E-state index contributed by atoms with van der Waals surface area (Å²) in [7, 11) is 0. The van der Waals surface area contributed by atoms with Crippen LogP contribution in [-0.4, -0.2) is 11.1 Å². The second-order valence-corrected chi connectivity index (χ2v) is 8.10. The lowest BCUT2D eigenvalue weighted by Crippen LogP contribution is -2.43. The van der Waals surface area contributed by atoms with E-state index in [9.17, 15) is 9.90 Å². The Hall–Kier alpha value is -0.530. The lowest BCUT2D eigenvalue weighted by molar-refractivity contribution is -0.142. The average Bonchev–Trinajstić information content (AvgIpc) is 2.99. The number of aliphatic carboxylic acids is 1. The molecule has 0 aromatic heterocycles. The van der Waals surface area contributed by atoms with Crippen LogP contribution in [0.25, 0.3) is 0 Å². The number of carboxylic acid groups (broad SMARTS) is 1. The van der Waals surface area contributed by atoms with Crippen molar-refractivity contribution in [2.45, 2.75) is 59.8 Å². The zero-order valence-electron chi connectivity index (χ0n) is 13.4. The third-order valence-corrected chi connectivity index (χ3v) is 7.73. The maximum atomic E-state index is 11.3. The van der Waals surface area contributed by atoms with E-state index in [1.807, 2.05) is 0 Å². The third kappa shape index (κ3) is 1.72. The summed E-state index contributed by atoms with van der Waals surface area (Å²) in [5.41, 5.74) is 0.0493. The molecule has 0 saturated heterocycles. The van der Waals surface area contributed by atoms with Crippen molar-refractivity contribution in [2.75, 3.05) is 0 Å². The second kappa shape index (κ2) is 4.74. The Morgan fingerprint density at radius 3 is 2.30 bits per heavy atom. The molecule has 8 atom stereocenters. The molecule has 8 unspecified atom stereocenters. The largest absolute Gasteiger partial charge is 0.481 e. The summed E-state index contributed by atoms with van der Waals surface area (Å²) >= 11 is 0. The van der Waals surface area contributed by atoms with Crippen molar-refractivity contribution in [1.82, 2.24) is 0 Å². The average molecular weight is 278 g/mol. The van der Waals surface area contributed by atoms with Crippen molar-refractivity contribution in [3.05, 3.63) is 0 Å². The Balaban J connectivity index is 1.92. The van der Waals surface area contributed by atoms with Gasteiger partial charge in [0, 0.05) is 0 Å². The number of carbonyl (C=O) groups is 1. The summed E-state index contributed by atoms with van der Waals surface area (Å²) in [6.07, 6.45) is 5.71. The molecule has 0 aliphatic heterocycles. The molecule has 2 bridgehead atoms. The van der Waals surface area contributed by atoms with Crippen LogP contribution in [0, 0.1) is 46.8 Å². The highest BCUT2D eigenvalue weighted by Gasteiger charge is 2.66. The van der Waals surface area contributed by atoms with E-state index in [1.54, 1.807) is 0 Å². The van der Waals surface area contributed by atoms with E-state index < -0.39 is 5.97 Å². The van der Waals surface area contributed by atoms with Crippen molar-refractivity contribution in [3.63, 3.8) is 0 Å². The number of fused-ring (bicyclic) bond motifs is 5. The van der Waals surface area contributed by atoms with Gasteiger partial charge in [-0.2, -0.15) is 0 Å². The summed E-state index contributed by atoms with van der Waals surface area (Å²) in [6.45, 7) is 9.31. The molecule has 3 aliphatic carbocycles. The molecular formula is C18H30O2. The summed E-state index contributed by atoms with van der Waals surface area (Å²) in [6, 6.07) is 0. The highest BCUT2D eigenvalue weighted by atomic mass is 16.4. The van der Waals surface area contributed by atoms with E-state index in [2.05, 4.69) is 27.7 Å². The first-order valence-electron chi connectivity index (χ1n) is 8.65. The van der Waals surface area contributed by atoms with Gasteiger partial charge in [-0.3, -0.25) is 4.79 Å². The second-order valence-electron chi connectivity index (χ2n) is 8.10.